The van der Waals surface area contributed by atoms with E-state index < -0.39 is 17.9 Å². The molecule has 0 saturated carbocycles. The van der Waals surface area contributed by atoms with Crippen molar-refractivity contribution in [1.82, 2.24) is 10.2 Å². The SMILES string of the molecule is C=CCC(C)NC(=O)N(CCC)C1COCC1C(=O)O. The molecule has 1 heterocycles. The Balaban J connectivity index is 2.74. The van der Waals surface area contributed by atoms with E-state index in [9.17, 15) is 14.7 Å². The number of hydrogen-bond donors (Lipinski definition) is 2. The van der Waals surface area contributed by atoms with Gasteiger partial charge in [-0.1, -0.05) is 13.0 Å². The van der Waals surface area contributed by atoms with Gasteiger partial charge in [0.1, 0.15) is 5.92 Å². The van der Waals surface area contributed by atoms with E-state index in [1.807, 2.05) is 13.8 Å². The fraction of sp³-hybridized carbons (Fsp3) is 0.714. The molecule has 1 aliphatic heterocycles. The largest absolute Gasteiger partial charge is 0.481 e. The van der Waals surface area contributed by atoms with Gasteiger partial charge in [0.25, 0.3) is 0 Å². The molecule has 20 heavy (non-hydrogen) atoms. The lowest BCUT2D eigenvalue weighted by molar-refractivity contribution is -0.142. The normalized spacial score (nSPS) is 23.1. The fourth-order valence-corrected chi connectivity index (χ4v) is 2.35. The van der Waals surface area contributed by atoms with Gasteiger partial charge in [0, 0.05) is 12.6 Å². The lowest BCUT2D eigenvalue weighted by Crippen LogP contribution is -2.52. The summed E-state index contributed by atoms with van der Waals surface area (Å²) in [4.78, 5) is 25.1. The van der Waals surface area contributed by atoms with Gasteiger partial charge in [-0.3, -0.25) is 4.79 Å². The van der Waals surface area contributed by atoms with Gasteiger partial charge in [-0.25, -0.2) is 4.79 Å². The molecule has 2 amide bonds. The van der Waals surface area contributed by atoms with Gasteiger partial charge in [0.15, 0.2) is 0 Å². The molecular weight excluding hydrogens is 260 g/mol. The summed E-state index contributed by atoms with van der Waals surface area (Å²) in [7, 11) is 0. The predicted octanol–water partition coefficient (Wildman–Crippen LogP) is 1.47. The molecule has 3 atom stereocenters. The minimum Gasteiger partial charge on any atom is -0.481 e. The average molecular weight is 284 g/mol. The summed E-state index contributed by atoms with van der Waals surface area (Å²) in [6.45, 7) is 8.45. The molecule has 0 spiro atoms. The van der Waals surface area contributed by atoms with Gasteiger partial charge in [-0.15, -0.1) is 6.58 Å². The number of aliphatic carboxylic acids is 1. The molecule has 1 saturated heterocycles. The van der Waals surface area contributed by atoms with Crippen molar-refractivity contribution in [2.45, 2.75) is 38.8 Å². The highest BCUT2D eigenvalue weighted by Gasteiger charge is 2.39. The lowest BCUT2D eigenvalue weighted by atomic mass is 10.0. The Kier molecular flexibility index (Phi) is 6.51. The number of urea groups is 1. The molecule has 0 aliphatic carbocycles. The number of rotatable bonds is 7. The van der Waals surface area contributed by atoms with E-state index in [1.165, 1.54) is 0 Å². The number of ether oxygens (including phenoxy) is 1. The average Bonchev–Trinajstić information content (AvgIpc) is 2.84. The van der Waals surface area contributed by atoms with Crippen LogP contribution in [0.25, 0.3) is 0 Å². The van der Waals surface area contributed by atoms with Crippen molar-refractivity contribution in [2.75, 3.05) is 19.8 Å². The third-order valence-electron chi connectivity index (χ3n) is 3.38. The summed E-state index contributed by atoms with van der Waals surface area (Å²) in [6, 6.07) is -0.656. The van der Waals surface area contributed by atoms with Crippen molar-refractivity contribution >= 4 is 12.0 Å². The van der Waals surface area contributed by atoms with Crippen LogP contribution >= 0.6 is 0 Å². The molecule has 1 fully saturated rings. The summed E-state index contributed by atoms with van der Waals surface area (Å²) in [5.74, 6) is -1.57. The molecule has 0 aromatic carbocycles. The first-order chi connectivity index (χ1) is 9.51. The minimum absolute atomic E-state index is 0.0232. The van der Waals surface area contributed by atoms with E-state index in [0.29, 0.717) is 13.0 Å². The monoisotopic (exact) mass is 284 g/mol. The number of carbonyl (C=O) groups is 2. The number of carbonyl (C=O) groups excluding carboxylic acids is 1. The molecule has 6 heteroatoms. The Labute approximate surface area is 119 Å². The van der Waals surface area contributed by atoms with E-state index in [1.54, 1.807) is 11.0 Å². The van der Waals surface area contributed by atoms with Gasteiger partial charge in [-0.05, 0) is 19.8 Å². The van der Waals surface area contributed by atoms with Crippen LogP contribution in [0.4, 0.5) is 4.79 Å². The molecule has 2 N–H and O–H groups in total. The maximum atomic E-state index is 12.3. The minimum atomic E-state index is -0.916. The van der Waals surface area contributed by atoms with E-state index >= 15 is 0 Å². The summed E-state index contributed by atoms with van der Waals surface area (Å²) in [5, 5.41) is 12.1. The van der Waals surface area contributed by atoms with Crippen molar-refractivity contribution in [1.29, 1.82) is 0 Å². The highest BCUT2D eigenvalue weighted by Crippen LogP contribution is 2.20. The molecule has 3 unspecified atom stereocenters. The highest BCUT2D eigenvalue weighted by atomic mass is 16.5. The van der Waals surface area contributed by atoms with Gasteiger partial charge in [0.05, 0.1) is 19.3 Å². The standard InChI is InChI=1S/C14H24N2O4/c1-4-6-10(3)15-14(19)16(7-5-2)12-9-20-8-11(12)13(17)18/h4,10-12H,1,5-9H2,2-3H3,(H,15,19)(H,17,18). The topological polar surface area (TPSA) is 78.9 Å². The Hall–Kier alpha value is -1.56. The van der Waals surface area contributed by atoms with Crippen molar-refractivity contribution in [3.05, 3.63) is 12.7 Å². The van der Waals surface area contributed by atoms with Gasteiger partial charge < -0.3 is 20.1 Å². The smallest absolute Gasteiger partial charge is 0.317 e. The highest BCUT2D eigenvalue weighted by molar-refractivity contribution is 5.77. The Morgan fingerprint density at radius 1 is 1.55 bits per heavy atom. The van der Waals surface area contributed by atoms with Crippen LogP contribution in [0.3, 0.4) is 0 Å². The van der Waals surface area contributed by atoms with Gasteiger partial charge >= 0.3 is 12.0 Å². The molecule has 1 aliphatic rings. The molecular formula is C14H24N2O4. The summed E-state index contributed by atoms with van der Waals surface area (Å²) < 4.78 is 5.24. The molecule has 0 bridgehead atoms. The first kappa shape index (κ1) is 16.5. The third-order valence-corrected chi connectivity index (χ3v) is 3.38. The van der Waals surface area contributed by atoms with Crippen LogP contribution in [0.2, 0.25) is 0 Å². The zero-order valence-electron chi connectivity index (χ0n) is 12.2. The second kappa shape index (κ2) is 7.89. The lowest BCUT2D eigenvalue weighted by Gasteiger charge is -2.31. The molecule has 114 valence electrons. The summed E-state index contributed by atoms with van der Waals surface area (Å²) in [6.07, 6.45) is 3.19. The Morgan fingerprint density at radius 2 is 2.25 bits per heavy atom. The zero-order valence-corrected chi connectivity index (χ0v) is 12.2. The predicted molar refractivity (Wildman–Crippen MR) is 75.5 cm³/mol. The maximum absolute atomic E-state index is 12.3. The van der Waals surface area contributed by atoms with E-state index in [-0.39, 0.29) is 25.3 Å². The quantitative estimate of drug-likeness (QED) is 0.694. The zero-order chi connectivity index (χ0) is 15.1. The first-order valence-electron chi connectivity index (χ1n) is 6.99. The first-order valence-corrected chi connectivity index (χ1v) is 6.99. The Morgan fingerprint density at radius 3 is 2.80 bits per heavy atom. The van der Waals surface area contributed by atoms with Crippen molar-refractivity contribution in [2.24, 2.45) is 5.92 Å². The van der Waals surface area contributed by atoms with Crippen LogP contribution < -0.4 is 5.32 Å². The van der Waals surface area contributed by atoms with Crippen LogP contribution in [0.15, 0.2) is 12.7 Å². The van der Waals surface area contributed by atoms with E-state index in [2.05, 4.69) is 11.9 Å². The van der Waals surface area contributed by atoms with Gasteiger partial charge in [-0.2, -0.15) is 0 Å². The number of carboxylic acid groups (broad SMARTS) is 1. The molecule has 0 radical (unpaired) electrons. The van der Waals surface area contributed by atoms with Crippen molar-refractivity contribution in [3.8, 4) is 0 Å². The number of hydrogen-bond acceptors (Lipinski definition) is 3. The van der Waals surface area contributed by atoms with Crippen LogP contribution in [0.5, 0.6) is 0 Å². The second-order valence-electron chi connectivity index (χ2n) is 5.12. The van der Waals surface area contributed by atoms with Gasteiger partial charge in [0.2, 0.25) is 0 Å². The Bertz CT molecular complexity index is 359. The van der Waals surface area contributed by atoms with Crippen LogP contribution in [-0.4, -0.2) is 53.8 Å². The van der Waals surface area contributed by atoms with Crippen molar-refractivity contribution < 1.29 is 19.4 Å². The molecule has 0 aromatic rings. The maximum Gasteiger partial charge on any atom is 0.317 e. The third kappa shape index (κ3) is 4.23. The summed E-state index contributed by atoms with van der Waals surface area (Å²) in [5.41, 5.74) is 0. The van der Waals surface area contributed by atoms with E-state index in [0.717, 1.165) is 6.42 Å². The number of nitrogens with one attached hydrogen (secondary N) is 1. The fourth-order valence-electron chi connectivity index (χ4n) is 2.35. The van der Waals surface area contributed by atoms with Crippen LogP contribution in [0.1, 0.15) is 26.7 Å². The van der Waals surface area contributed by atoms with Crippen LogP contribution in [0, 0.1) is 5.92 Å². The summed E-state index contributed by atoms with van der Waals surface area (Å²) >= 11 is 0. The molecule has 1 rings (SSSR count). The molecule has 0 aromatic heterocycles. The number of carboxylic acids is 1. The van der Waals surface area contributed by atoms with E-state index in [4.69, 9.17) is 4.74 Å². The number of nitrogens with zero attached hydrogens (tertiary/aromatic N) is 1. The molecule has 6 nitrogen and oxygen atoms in total. The van der Waals surface area contributed by atoms with Crippen molar-refractivity contribution in [3.63, 3.8) is 0 Å². The second-order valence-corrected chi connectivity index (χ2v) is 5.12. The number of amides is 2. The van der Waals surface area contributed by atoms with Crippen LogP contribution in [-0.2, 0) is 9.53 Å².